The molecule has 0 bridgehead atoms. The van der Waals surface area contributed by atoms with Gasteiger partial charge in [-0.2, -0.15) is 0 Å². The summed E-state index contributed by atoms with van der Waals surface area (Å²) in [4.78, 5) is 0. The van der Waals surface area contributed by atoms with Crippen molar-refractivity contribution in [1.82, 2.24) is 0 Å². The molecule has 2 heterocycles. The average Bonchev–Trinajstić information content (AvgIpc) is 3.38. The summed E-state index contributed by atoms with van der Waals surface area (Å²) in [5.74, 6) is -1.22. The van der Waals surface area contributed by atoms with E-state index in [2.05, 4.69) is 0 Å². The summed E-state index contributed by atoms with van der Waals surface area (Å²) in [5.41, 5.74) is 5.82. The van der Waals surface area contributed by atoms with Gasteiger partial charge in [-0.15, -0.1) is 0 Å². The number of benzene rings is 4. The fourth-order valence-corrected chi connectivity index (χ4v) is 5.74. The number of rotatable bonds is 10. The van der Waals surface area contributed by atoms with E-state index in [0.717, 1.165) is 33.4 Å². The van der Waals surface area contributed by atoms with Crippen LogP contribution in [0.15, 0.2) is 109 Å². The molecule has 1 fully saturated rings. The molecule has 1 saturated heterocycles. The van der Waals surface area contributed by atoms with Gasteiger partial charge >= 0.3 is 0 Å². The molecule has 41 heavy (non-hydrogen) atoms. The molecule has 6 heteroatoms. The molecule has 1 spiro atoms. The Balaban J connectivity index is 1.38. The van der Waals surface area contributed by atoms with Gasteiger partial charge in [-0.1, -0.05) is 103 Å². The molecule has 1 N–H and O–H groups in total. The molecular formula is C35H36O6. The van der Waals surface area contributed by atoms with Crippen LogP contribution in [-0.2, 0) is 62.5 Å². The lowest BCUT2D eigenvalue weighted by molar-refractivity contribution is -0.381. The van der Waals surface area contributed by atoms with Gasteiger partial charge in [0.25, 0.3) is 0 Å². The minimum absolute atomic E-state index is 0.0782. The Morgan fingerprint density at radius 3 is 1.78 bits per heavy atom. The van der Waals surface area contributed by atoms with Crippen molar-refractivity contribution in [1.29, 1.82) is 0 Å². The Labute approximate surface area is 241 Å². The molecule has 4 aromatic rings. The van der Waals surface area contributed by atoms with E-state index < -0.39 is 24.1 Å². The molecule has 0 aliphatic carbocycles. The summed E-state index contributed by atoms with van der Waals surface area (Å²) >= 11 is 0. The number of ether oxygens (including phenoxy) is 5. The average molecular weight is 553 g/mol. The first-order chi connectivity index (χ1) is 20.2. The van der Waals surface area contributed by atoms with Gasteiger partial charge in [-0.25, -0.2) is 0 Å². The van der Waals surface area contributed by atoms with Crippen LogP contribution < -0.4 is 0 Å². The van der Waals surface area contributed by atoms with Gasteiger partial charge in [0.1, 0.15) is 18.3 Å². The van der Waals surface area contributed by atoms with Gasteiger partial charge in [0.05, 0.1) is 39.1 Å². The standard InChI is InChI=1S/C35H36O6/c1-25-32(37-21-26-11-5-2-6-12-26)33(38-22-27-13-7-3-8-14-27)34(39-23-28-15-9-4-10-16-28)35(41-25)31-19-29(20-36)17-18-30(31)24-40-35/h2-19,25,32-34,36H,20-24H2,1H3/t25-,32-,33+,34-,35+/m1/s1. The lowest BCUT2D eigenvalue weighted by atomic mass is 9.86. The largest absolute Gasteiger partial charge is 0.392 e. The Hall–Kier alpha value is -3.36. The van der Waals surface area contributed by atoms with Crippen molar-refractivity contribution in [3.05, 3.63) is 143 Å². The fourth-order valence-electron chi connectivity index (χ4n) is 5.74. The van der Waals surface area contributed by atoms with Crippen molar-refractivity contribution in [2.45, 2.75) is 70.2 Å². The van der Waals surface area contributed by atoms with E-state index >= 15 is 0 Å². The Bertz CT molecular complexity index is 1400. The van der Waals surface area contributed by atoms with E-state index in [-0.39, 0.29) is 12.7 Å². The first kappa shape index (κ1) is 27.8. The minimum atomic E-state index is -1.22. The van der Waals surface area contributed by atoms with E-state index in [1.54, 1.807) is 0 Å². The highest BCUT2D eigenvalue weighted by Gasteiger charge is 2.60. The topological polar surface area (TPSA) is 66.4 Å². The van der Waals surface area contributed by atoms with E-state index in [9.17, 15) is 5.11 Å². The summed E-state index contributed by atoms with van der Waals surface area (Å²) in [6, 6.07) is 36.1. The second-order valence-corrected chi connectivity index (χ2v) is 10.7. The molecule has 2 aliphatic heterocycles. The Morgan fingerprint density at radius 2 is 1.22 bits per heavy atom. The lowest BCUT2D eigenvalue weighted by Gasteiger charge is -2.50. The minimum Gasteiger partial charge on any atom is -0.392 e. The van der Waals surface area contributed by atoms with Crippen LogP contribution in [0, 0.1) is 0 Å². The van der Waals surface area contributed by atoms with Gasteiger partial charge in [0.2, 0.25) is 5.79 Å². The quantitative estimate of drug-likeness (QED) is 0.259. The number of hydrogen-bond donors (Lipinski definition) is 1. The van der Waals surface area contributed by atoms with E-state index in [0.29, 0.717) is 26.4 Å². The van der Waals surface area contributed by atoms with Crippen molar-refractivity contribution >= 4 is 0 Å². The molecular weight excluding hydrogens is 516 g/mol. The lowest BCUT2D eigenvalue weighted by Crippen LogP contribution is -2.64. The predicted octanol–water partition coefficient (Wildman–Crippen LogP) is 6.04. The molecule has 5 atom stereocenters. The number of hydrogen-bond acceptors (Lipinski definition) is 6. The molecule has 6 rings (SSSR count). The highest BCUT2D eigenvalue weighted by atomic mass is 16.7. The maximum Gasteiger partial charge on any atom is 0.225 e. The molecule has 0 amide bonds. The van der Waals surface area contributed by atoms with Crippen LogP contribution in [0.3, 0.4) is 0 Å². The first-order valence-electron chi connectivity index (χ1n) is 14.2. The third-order valence-electron chi connectivity index (χ3n) is 7.84. The molecule has 6 nitrogen and oxygen atoms in total. The van der Waals surface area contributed by atoms with Crippen LogP contribution in [0.2, 0.25) is 0 Å². The normalized spacial score (nSPS) is 25.3. The van der Waals surface area contributed by atoms with Crippen LogP contribution in [0.5, 0.6) is 0 Å². The van der Waals surface area contributed by atoms with Gasteiger partial charge in [-0.05, 0) is 40.8 Å². The van der Waals surface area contributed by atoms with Gasteiger partial charge in [-0.3, -0.25) is 0 Å². The number of fused-ring (bicyclic) bond motifs is 2. The second kappa shape index (κ2) is 12.7. The SMILES string of the molecule is C[C@H]1O[C@]2(OCc3ccc(CO)cc32)[C@H](OCc2ccccc2)[C@@H](OCc2ccccc2)[C@@H]1OCc1ccccc1. The maximum atomic E-state index is 9.95. The predicted molar refractivity (Wildman–Crippen MR) is 154 cm³/mol. The third-order valence-corrected chi connectivity index (χ3v) is 7.84. The van der Waals surface area contributed by atoms with Crippen LogP contribution in [0.4, 0.5) is 0 Å². The van der Waals surface area contributed by atoms with E-state index in [1.807, 2.05) is 116 Å². The van der Waals surface area contributed by atoms with E-state index in [4.69, 9.17) is 23.7 Å². The smallest absolute Gasteiger partial charge is 0.225 e. The zero-order chi connectivity index (χ0) is 28.1. The van der Waals surface area contributed by atoms with Gasteiger partial charge < -0.3 is 28.8 Å². The monoisotopic (exact) mass is 552 g/mol. The van der Waals surface area contributed by atoms with Gasteiger partial charge in [0, 0.05) is 5.56 Å². The second-order valence-electron chi connectivity index (χ2n) is 10.7. The highest BCUT2D eigenvalue weighted by Crippen LogP contribution is 2.49. The molecule has 0 saturated carbocycles. The van der Waals surface area contributed by atoms with Crippen LogP contribution in [0.25, 0.3) is 0 Å². The first-order valence-corrected chi connectivity index (χ1v) is 14.2. The summed E-state index contributed by atoms with van der Waals surface area (Å²) in [7, 11) is 0. The van der Waals surface area contributed by atoms with Crippen molar-refractivity contribution in [2.24, 2.45) is 0 Å². The maximum absolute atomic E-state index is 9.95. The molecule has 0 unspecified atom stereocenters. The Kier molecular flexibility index (Phi) is 8.58. The zero-order valence-electron chi connectivity index (χ0n) is 23.2. The van der Waals surface area contributed by atoms with Crippen molar-refractivity contribution < 1.29 is 28.8 Å². The highest BCUT2D eigenvalue weighted by molar-refractivity contribution is 5.39. The van der Waals surface area contributed by atoms with Crippen LogP contribution in [0.1, 0.15) is 40.3 Å². The molecule has 2 aliphatic rings. The van der Waals surface area contributed by atoms with Crippen molar-refractivity contribution in [3.63, 3.8) is 0 Å². The summed E-state index contributed by atoms with van der Waals surface area (Å²) in [6.45, 7) is 3.44. The van der Waals surface area contributed by atoms with Crippen LogP contribution >= 0.6 is 0 Å². The van der Waals surface area contributed by atoms with Crippen LogP contribution in [-0.4, -0.2) is 29.5 Å². The summed E-state index contributed by atoms with van der Waals surface area (Å²) in [5, 5.41) is 9.95. The summed E-state index contributed by atoms with van der Waals surface area (Å²) in [6.07, 6.45) is -1.98. The summed E-state index contributed by atoms with van der Waals surface area (Å²) < 4.78 is 33.4. The molecule has 0 aromatic heterocycles. The number of aliphatic hydroxyl groups excluding tert-OH is 1. The number of aliphatic hydroxyl groups is 1. The molecule has 0 radical (unpaired) electrons. The fraction of sp³-hybridized carbons (Fsp3) is 0.314. The Morgan fingerprint density at radius 1 is 0.683 bits per heavy atom. The van der Waals surface area contributed by atoms with Crippen molar-refractivity contribution in [2.75, 3.05) is 0 Å². The molecule has 4 aromatic carbocycles. The molecule has 212 valence electrons. The van der Waals surface area contributed by atoms with Crippen molar-refractivity contribution in [3.8, 4) is 0 Å². The van der Waals surface area contributed by atoms with E-state index in [1.165, 1.54) is 0 Å². The zero-order valence-corrected chi connectivity index (χ0v) is 23.2. The third kappa shape index (κ3) is 5.99. The van der Waals surface area contributed by atoms with Gasteiger partial charge in [0.15, 0.2) is 0 Å².